The molecule has 0 aliphatic carbocycles. The average Bonchev–Trinajstić information content (AvgIpc) is 3.04. The van der Waals surface area contributed by atoms with Crippen LogP contribution in [0.4, 0.5) is 0 Å². The van der Waals surface area contributed by atoms with Crippen molar-refractivity contribution in [3.05, 3.63) is 70.3 Å². The van der Waals surface area contributed by atoms with E-state index in [-0.39, 0.29) is 18.1 Å². The molecule has 0 atom stereocenters. The van der Waals surface area contributed by atoms with E-state index in [1.54, 1.807) is 24.4 Å². The van der Waals surface area contributed by atoms with Crippen LogP contribution in [0.2, 0.25) is 0 Å². The molecule has 1 amide bonds. The molecule has 0 spiro atoms. The number of pyridine rings is 1. The molecule has 0 unspecified atom stereocenters. The Morgan fingerprint density at radius 2 is 1.82 bits per heavy atom. The molecule has 1 saturated heterocycles. The third kappa shape index (κ3) is 4.13. The number of ether oxygens (including phenoxy) is 1. The number of aromatic nitrogens is 3. The van der Waals surface area contributed by atoms with Crippen LogP contribution in [0.25, 0.3) is 5.65 Å². The first-order valence-electron chi connectivity index (χ1n) is 9.38. The number of hydrogen-bond donors (Lipinski definition) is 1. The van der Waals surface area contributed by atoms with Crippen molar-refractivity contribution >= 4 is 11.6 Å². The van der Waals surface area contributed by atoms with Crippen molar-refractivity contribution in [2.45, 2.75) is 19.6 Å². The summed E-state index contributed by atoms with van der Waals surface area (Å²) in [4.78, 5) is 27.0. The fourth-order valence-corrected chi connectivity index (χ4v) is 3.34. The molecule has 8 heteroatoms. The maximum absolute atomic E-state index is 12.4. The number of morpholine rings is 1. The van der Waals surface area contributed by atoms with E-state index in [9.17, 15) is 9.59 Å². The lowest BCUT2D eigenvalue weighted by molar-refractivity contribution is -0.122. The van der Waals surface area contributed by atoms with Gasteiger partial charge in [0.15, 0.2) is 5.65 Å². The van der Waals surface area contributed by atoms with E-state index >= 15 is 0 Å². The average molecular weight is 381 g/mol. The molecule has 2 aromatic heterocycles. The molecule has 1 fully saturated rings. The Bertz CT molecular complexity index is 1020. The molecule has 1 aliphatic rings. The molecule has 1 N–H and O–H groups in total. The molecular weight excluding hydrogens is 358 g/mol. The van der Waals surface area contributed by atoms with Crippen LogP contribution in [0.5, 0.6) is 0 Å². The summed E-state index contributed by atoms with van der Waals surface area (Å²) >= 11 is 0. The zero-order chi connectivity index (χ0) is 19.3. The van der Waals surface area contributed by atoms with Gasteiger partial charge in [-0.2, -0.15) is 0 Å². The highest BCUT2D eigenvalue weighted by Crippen LogP contribution is 2.13. The second-order valence-electron chi connectivity index (χ2n) is 6.80. The molecule has 28 heavy (non-hydrogen) atoms. The minimum absolute atomic E-state index is 0.105. The fourth-order valence-electron chi connectivity index (χ4n) is 3.34. The van der Waals surface area contributed by atoms with Gasteiger partial charge in [0.1, 0.15) is 6.54 Å². The van der Waals surface area contributed by atoms with Crippen LogP contribution in [0.15, 0.2) is 53.5 Å². The summed E-state index contributed by atoms with van der Waals surface area (Å²) in [5.41, 5.74) is 2.47. The largest absolute Gasteiger partial charge is 0.379 e. The number of nitrogens with zero attached hydrogens (tertiary/aromatic N) is 4. The third-order valence-corrected chi connectivity index (χ3v) is 4.87. The molecule has 1 aromatic carbocycles. The lowest BCUT2D eigenvalue weighted by atomic mass is 10.1. The van der Waals surface area contributed by atoms with Crippen molar-refractivity contribution in [2.24, 2.45) is 0 Å². The number of carbonyl (C=O) groups excluding carboxylic acids is 1. The second kappa shape index (κ2) is 8.37. The summed E-state index contributed by atoms with van der Waals surface area (Å²) in [6.07, 6.45) is 1.64. The van der Waals surface area contributed by atoms with Gasteiger partial charge in [0, 0.05) is 32.4 Å². The quantitative estimate of drug-likeness (QED) is 0.678. The summed E-state index contributed by atoms with van der Waals surface area (Å²) in [5.74, 6) is -0.244. The number of fused-ring (bicyclic) bond motifs is 1. The van der Waals surface area contributed by atoms with Crippen molar-refractivity contribution in [1.82, 2.24) is 24.4 Å². The standard InChI is InChI=1S/C20H23N5O3/c26-19(15-25-20(27)24-8-4-3-7-18(24)22-25)21-13-16-5-1-2-6-17(16)14-23-9-11-28-12-10-23/h1-8H,9-15H2,(H,21,26). The van der Waals surface area contributed by atoms with E-state index in [0.717, 1.165) is 38.4 Å². The first-order chi connectivity index (χ1) is 13.7. The summed E-state index contributed by atoms with van der Waals surface area (Å²) in [5, 5.41) is 7.10. The molecule has 3 heterocycles. The lowest BCUT2D eigenvalue weighted by Gasteiger charge is -2.27. The first-order valence-corrected chi connectivity index (χ1v) is 9.38. The number of carbonyl (C=O) groups is 1. The van der Waals surface area contributed by atoms with Crippen LogP contribution in [0.1, 0.15) is 11.1 Å². The summed E-state index contributed by atoms with van der Waals surface area (Å²) in [6.45, 7) is 4.49. The van der Waals surface area contributed by atoms with Gasteiger partial charge in [-0.05, 0) is 23.3 Å². The molecule has 1 aliphatic heterocycles. The van der Waals surface area contributed by atoms with E-state index in [1.165, 1.54) is 14.6 Å². The van der Waals surface area contributed by atoms with Crippen molar-refractivity contribution in [3.8, 4) is 0 Å². The Morgan fingerprint density at radius 3 is 2.61 bits per heavy atom. The summed E-state index contributed by atoms with van der Waals surface area (Å²) < 4.78 is 8.01. The van der Waals surface area contributed by atoms with Crippen molar-refractivity contribution < 1.29 is 9.53 Å². The van der Waals surface area contributed by atoms with Crippen LogP contribution in [0.3, 0.4) is 0 Å². The third-order valence-electron chi connectivity index (χ3n) is 4.87. The Labute approximate surface area is 162 Å². The number of benzene rings is 1. The smallest absolute Gasteiger partial charge is 0.350 e. The van der Waals surface area contributed by atoms with Gasteiger partial charge in [-0.25, -0.2) is 9.48 Å². The highest BCUT2D eigenvalue weighted by Gasteiger charge is 2.14. The predicted octanol–water partition coefficient (Wildman–Crippen LogP) is 0.645. The van der Waals surface area contributed by atoms with E-state index in [0.29, 0.717) is 12.2 Å². The summed E-state index contributed by atoms with van der Waals surface area (Å²) in [7, 11) is 0. The SMILES string of the molecule is O=C(Cn1nc2ccccn2c1=O)NCc1ccccc1CN1CCOCC1. The molecule has 4 rings (SSSR count). The number of nitrogens with one attached hydrogen (secondary N) is 1. The fraction of sp³-hybridized carbons (Fsp3) is 0.350. The van der Waals surface area contributed by atoms with Crippen LogP contribution >= 0.6 is 0 Å². The van der Waals surface area contributed by atoms with Crippen molar-refractivity contribution in [3.63, 3.8) is 0 Å². The van der Waals surface area contributed by atoms with Crippen molar-refractivity contribution in [2.75, 3.05) is 26.3 Å². The van der Waals surface area contributed by atoms with Gasteiger partial charge >= 0.3 is 5.69 Å². The van der Waals surface area contributed by atoms with Gasteiger partial charge in [0.05, 0.1) is 13.2 Å². The molecule has 0 saturated carbocycles. The van der Waals surface area contributed by atoms with Gasteiger partial charge in [0.25, 0.3) is 0 Å². The number of hydrogen-bond acceptors (Lipinski definition) is 5. The number of rotatable bonds is 6. The van der Waals surface area contributed by atoms with E-state index in [1.807, 2.05) is 18.2 Å². The molecular formula is C20H23N5O3. The highest BCUT2D eigenvalue weighted by molar-refractivity contribution is 5.75. The van der Waals surface area contributed by atoms with Crippen molar-refractivity contribution in [1.29, 1.82) is 0 Å². The number of amides is 1. The van der Waals surface area contributed by atoms with E-state index < -0.39 is 0 Å². The minimum Gasteiger partial charge on any atom is -0.379 e. The maximum Gasteiger partial charge on any atom is 0.350 e. The molecule has 8 nitrogen and oxygen atoms in total. The minimum atomic E-state index is -0.321. The summed E-state index contributed by atoms with van der Waals surface area (Å²) in [6, 6.07) is 13.4. The zero-order valence-electron chi connectivity index (χ0n) is 15.6. The molecule has 3 aromatic rings. The predicted molar refractivity (Wildman–Crippen MR) is 104 cm³/mol. The normalized spacial score (nSPS) is 15.0. The second-order valence-corrected chi connectivity index (χ2v) is 6.80. The van der Waals surface area contributed by atoms with Crippen LogP contribution in [-0.2, 0) is 29.2 Å². The Balaban J connectivity index is 1.39. The van der Waals surface area contributed by atoms with Crippen LogP contribution < -0.4 is 11.0 Å². The Hall–Kier alpha value is -2.97. The molecule has 146 valence electrons. The molecule has 0 bridgehead atoms. The maximum atomic E-state index is 12.4. The van der Waals surface area contributed by atoms with Gasteiger partial charge in [-0.1, -0.05) is 30.3 Å². The van der Waals surface area contributed by atoms with Gasteiger partial charge in [-0.3, -0.25) is 14.1 Å². The van der Waals surface area contributed by atoms with E-state index in [2.05, 4.69) is 21.4 Å². The Kier molecular flexibility index (Phi) is 5.50. The molecule has 0 radical (unpaired) electrons. The highest BCUT2D eigenvalue weighted by atomic mass is 16.5. The zero-order valence-corrected chi connectivity index (χ0v) is 15.6. The Morgan fingerprint density at radius 1 is 1.07 bits per heavy atom. The van der Waals surface area contributed by atoms with Gasteiger partial charge in [0.2, 0.25) is 5.91 Å². The topological polar surface area (TPSA) is 80.9 Å². The van der Waals surface area contributed by atoms with Gasteiger partial charge < -0.3 is 10.1 Å². The first kappa shape index (κ1) is 18.4. The monoisotopic (exact) mass is 381 g/mol. The van der Waals surface area contributed by atoms with Gasteiger partial charge in [-0.15, -0.1) is 5.10 Å². The van der Waals surface area contributed by atoms with Crippen LogP contribution in [0, 0.1) is 0 Å². The lowest BCUT2D eigenvalue weighted by Crippen LogP contribution is -2.36. The van der Waals surface area contributed by atoms with E-state index in [4.69, 9.17) is 4.74 Å². The van der Waals surface area contributed by atoms with Crippen LogP contribution in [-0.4, -0.2) is 51.3 Å².